The molecular formula is C13H26N4O. The number of piperazine rings is 1. The van der Waals surface area contributed by atoms with Gasteiger partial charge in [-0.15, -0.1) is 0 Å². The van der Waals surface area contributed by atoms with E-state index >= 15 is 0 Å². The van der Waals surface area contributed by atoms with E-state index in [0.717, 1.165) is 65.2 Å². The topological polar surface area (TPSA) is 47.6 Å². The van der Waals surface area contributed by atoms with E-state index in [9.17, 15) is 4.79 Å². The second-order valence-electron chi connectivity index (χ2n) is 5.48. The Morgan fingerprint density at radius 2 is 2.11 bits per heavy atom. The molecule has 2 N–H and O–H groups in total. The third-order valence-electron chi connectivity index (χ3n) is 3.99. The number of carbonyl (C=O) groups excluding carboxylic acids is 1. The summed E-state index contributed by atoms with van der Waals surface area (Å²) in [7, 11) is 2.16. The van der Waals surface area contributed by atoms with Crippen molar-refractivity contribution in [3.8, 4) is 0 Å². The molecule has 2 saturated heterocycles. The van der Waals surface area contributed by atoms with E-state index < -0.39 is 0 Å². The average Bonchev–Trinajstić information content (AvgIpc) is 2.42. The number of hydrogen-bond donors (Lipinski definition) is 2. The van der Waals surface area contributed by atoms with Crippen LogP contribution >= 0.6 is 0 Å². The van der Waals surface area contributed by atoms with Crippen molar-refractivity contribution in [2.45, 2.75) is 12.8 Å². The Kier molecular flexibility index (Phi) is 5.41. The maximum Gasteiger partial charge on any atom is 0.224 e. The molecule has 5 heteroatoms. The number of likely N-dealkylation sites (N-methyl/N-ethyl adjacent to an activating group) is 1. The highest BCUT2D eigenvalue weighted by Gasteiger charge is 2.20. The summed E-state index contributed by atoms with van der Waals surface area (Å²) in [5.41, 5.74) is 0. The predicted octanol–water partition coefficient (Wildman–Crippen LogP) is -0.650. The van der Waals surface area contributed by atoms with Crippen molar-refractivity contribution in [1.29, 1.82) is 0 Å². The fraction of sp³-hybridized carbons (Fsp3) is 0.923. The van der Waals surface area contributed by atoms with Gasteiger partial charge in [0.05, 0.1) is 5.92 Å². The molecule has 2 rings (SSSR count). The highest BCUT2D eigenvalue weighted by atomic mass is 16.1. The second-order valence-corrected chi connectivity index (χ2v) is 5.48. The maximum absolute atomic E-state index is 11.9. The number of carbonyl (C=O) groups is 1. The summed E-state index contributed by atoms with van der Waals surface area (Å²) >= 11 is 0. The SMILES string of the molecule is CN1CCN(CCNC(=O)[C@@H]2CCCNC2)CC1. The van der Waals surface area contributed by atoms with E-state index in [4.69, 9.17) is 0 Å². The molecule has 1 amide bonds. The van der Waals surface area contributed by atoms with Gasteiger partial charge in [-0.25, -0.2) is 0 Å². The van der Waals surface area contributed by atoms with Crippen molar-refractivity contribution < 1.29 is 4.79 Å². The lowest BCUT2D eigenvalue weighted by atomic mass is 9.99. The fourth-order valence-corrected chi connectivity index (χ4v) is 2.63. The normalized spacial score (nSPS) is 27.1. The molecule has 0 saturated carbocycles. The van der Waals surface area contributed by atoms with Crippen LogP contribution in [0.15, 0.2) is 0 Å². The Morgan fingerprint density at radius 1 is 1.33 bits per heavy atom. The third-order valence-corrected chi connectivity index (χ3v) is 3.99. The Balaban J connectivity index is 1.58. The lowest BCUT2D eigenvalue weighted by Crippen LogP contribution is -2.48. The number of amides is 1. The third kappa shape index (κ3) is 4.23. The van der Waals surface area contributed by atoms with Crippen molar-refractivity contribution in [3.05, 3.63) is 0 Å². The minimum absolute atomic E-state index is 0.186. The maximum atomic E-state index is 11.9. The first-order valence-corrected chi connectivity index (χ1v) is 7.15. The van der Waals surface area contributed by atoms with E-state index in [1.54, 1.807) is 0 Å². The molecule has 2 aliphatic rings. The van der Waals surface area contributed by atoms with Crippen molar-refractivity contribution in [1.82, 2.24) is 20.4 Å². The van der Waals surface area contributed by atoms with Gasteiger partial charge in [-0.2, -0.15) is 0 Å². The Bertz CT molecular complexity index is 258. The summed E-state index contributed by atoms with van der Waals surface area (Å²) < 4.78 is 0. The first kappa shape index (κ1) is 13.8. The lowest BCUT2D eigenvalue weighted by molar-refractivity contribution is -0.125. The Morgan fingerprint density at radius 3 is 2.78 bits per heavy atom. The summed E-state index contributed by atoms with van der Waals surface area (Å²) in [4.78, 5) is 16.7. The Hall–Kier alpha value is -0.650. The van der Waals surface area contributed by atoms with Crippen LogP contribution in [0.4, 0.5) is 0 Å². The molecule has 0 radical (unpaired) electrons. The van der Waals surface area contributed by atoms with E-state index in [0.29, 0.717) is 0 Å². The zero-order valence-corrected chi connectivity index (χ0v) is 11.5. The van der Waals surface area contributed by atoms with Crippen LogP contribution in [-0.4, -0.2) is 75.1 Å². The lowest BCUT2D eigenvalue weighted by Gasteiger charge is -2.32. The molecule has 5 nitrogen and oxygen atoms in total. The minimum atomic E-state index is 0.186. The van der Waals surface area contributed by atoms with Gasteiger partial charge in [0.25, 0.3) is 0 Å². The molecule has 0 aromatic rings. The Labute approximate surface area is 110 Å². The predicted molar refractivity (Wildman–Crippen MR) is 72.5 cm³/mol. The van der Waals surface area contributed by atoms with Gasteiger partial charge in [-0.1, -0.05) is 0 Å². The number of nitrogens with one attached hydrogen (secondary N) is 2. The molecule has 0 aromatic heterocycles. The molecule has 1 atom stereocenters. The first-order chi connectivity index (χ1) is 8.75. The first-order valence-electron chi connectivity index (χ1n) is 7.15. The van der Waals surface area contributed by atoms with Crippen molar-refractivity contribution in [2.24, 2.45) is 5.92 Å². The molecule has 2 fully saturated rings. The summed E-state index contributed by atoms with van der Waals surface area (Å²) in [6.07, 6.45) is 2.16. The van der Waals surface area contributed by atoms with Gasteiger partial charge < -0.3 is 15.5 Å². The van der Waals surface area contributed by atoms with Crippen molar-refractivity contribution in [3.63, 3.8) is 0 Å². The van der Waals surface area contributed by atoms with E-state index in [2.05, 4.69) is 27.5 Å². The monoisotopic (exact) mass is 254 g/mol. The molecule has 104 valence electrons. The minimum Gasteiger partial charge on any atom is -0.355 e. The largest absolute Gasteiger partial charge is 0.355 e. The van der Waals surface area contributed by atoms with Crippen LogP contribution in [0.5, 0.6) is 0 Å². The molecule has 0 unspecified atom stereocenters. The second kappa shape index (κ2) is 7.07. The number of hydrogen-bond acceptors (Lipinski definition) is 4. The van der Waals surface area contributed by atoms with Crippen molar-refractivity contribution >= 4 is 5.91 Å². The summed E-state index contributed by atoms with van der Waals surface area (Å²) in [5.74, 6) is 0.419. The summed E-state index contributed by atoms with van der Waals surface area (Å²) in [6.45, 7) is 8.21. The fourth-order valence-electron chi connectivity index (χ4n) is 2.63. The standard InChI is InChI=1S/C13H26N4O/c1-16-7-9-17(10-8-16)6-5-15-13(18)12-3-2-4-14-11-12/h12,14H,2-11H2,1H3,(H,15,18)/t12-/m1/s1. The highest BCUT2D eigenvalue weighted by molar-refractivity contribution is 5.78. The van der Waals surface area contributed by atoms with Gasteiger partial charge in [0, 0.05) is 45.8 Å². The van der Waals surface area contributed by atoms with Gasteiger partial charge in [0.15, 0.2) is 0 Å². The molecule has 0 aromatic carbocycles. The summed E-state index contributed by atoms with van der Waals surface area (Å²) in [5, 5.41) is 6.36. The van der Waals surface area contributed by atoms with Gasteiger partial charge in [0.1, 0.15) is 0 Å². The van der Waals surface area contributed by atoms with Crippen LogP contribution in [0.3, 0.4) is 0 Å². The quantitative estimate of drug-likeness (QED) is 0.700. The van der Waals surface area contributed by atoms with E-state index in [1.165, 1.54) is 0 Å². The van der Waals surface area contributed by atoms with Gasteiger partial charge in [-0.05, 0) is 26.4 Å². The highest BCUT2D eigenvalue weighted by Crippen LogP contribution is 2.09. The molecule has 2 heterocycles. The van der Waals surface area contributed by atoms with Gasteiger partial charge in [-0.3, -0.25) is 9.69 Å². The number of piperidine rings is 1. The van der Waals surface area contributed by atoms with Crippen LogP contribution in [-0.2, 0) is 4.79 Å². The molecular weight excluding hydrogens is 228 g/mol. The van der Waals surface area contributed by atoms with Crippen molar-refractivity contribution in [2.75, 3.05) is 59.4 Å². The average molecular weight is 254 g/mol. The van der Waals surface area contributed by atoms with Crippen LogP contribution < -0.4 is 10.6 Å². The molecule has 0 bridgehead atoms. The zero-order valence-electron chi connectivity index (χ0n) is 11.5. The van der Waals surface area contributed by atoms with E-state index in [-0.39, 0.29) is 11.8 Å². The molecule has 18 heavy (non-hydrogen) atoms. The van der Waals surface area contributed by atoms with Crippen LogP contribution in [0.1, 0.15) is 12.8 Å². The van der Waals surface area contributed by atoms with Gasteiger partial charge in [0.2, 0.25) is 5.91 Å². The molecule has 0 aliphatic carbocycles. The number of rotatable bonds is 4. The smallest absolute Gasteiger partial charge is 0.224 e. The van der Waals surface area contributed by atoms with Gasteiger partial charge >= 0.3 is 0 Å². The van der Waals surface area contributed by atoms with E-state index in [1.807, 2.05) is 0 Å². The van der Waals surface area contributed by atoms with Crippen LogP contribution in [0.25, 0.3) is 0 Å². The molecule has 2 aliphatic heterocycles. The summed E-state index contributed by atoms with van der Waals surface area (Å²) in [6, 6.07) is 0. The molecule has 0 spiro atoms. The van der Waals surface area contributed by atoms with Crippen LogP contribution in [0, 0.1) is 5.92 Å². The number of nitrogens with zero attached hydrogens (tertiary/aromatic N) is 2. The van der Waals surface area contributed by atoms with Crippen LogP contribution in [0.2, 0.25) is 0 Å². The zero-order chi connectivity index (χ0) is 12.8.